The van der Waals surface area contributed by atoms with Crippen LogP contribution in [0.3, 0.4) is 0 Å². The minimum absolute atomic E-state index is 0.272. The van der Waals surface area contributed by atoms with Crippen LogP contribution < -0.4 is 15.9 Å². The Bertz CT molecular complexity index is 1660. The third kappa shape index (κ3) is 4.14. The van der Waals surface area contributed by atoms with Crippen molar-refractivity contribution in [1.29, 1.82) is 0 Å². The summed E-state index contributed by atoms with van der Waals surface area (Å²) in [6.07, 6.45) is 0. The highest BCUT2D eigenvalue weighted by molar-refractivity contribution is 7.80. The summed E-state index contributed by atoms with van der Waals surface area (Å²) in [4.78, 5) is 0. The molecule has 0 unspecified atom stereocenters. The topological polar surface area (TPSA) is 20.2 Å². The van der Waals surface area contributed by atoms with Crippen molar-refractivity contribution in [3.63, 3.8) is 0 Å². The molecule has 174 valence electrons. The van der Waals surface area contributed by atoms with Gasteiger partial charge in [0, 0.05) is 21.2 Å². The normalized spacial score (nSPS) is 11.4. The minimum Gasteiger partial charge on any atom is -0.507 e. The van der Waals surface area contributed by atoms with E-state index in [4.69, 9.17) is 23.2 Å². The number of benzene rings is 6. The van der Waals surface area contributed by atoms with E-state index in [0.717, 1.165) is 32.7 Å². The van der Waals surface area contributed by atoms with E-state index in [1.807, 2.05) is 42.5 Å². The lowest BCUT2D eigenvalue weighted by atomic mass is 9.93. The molecular formula is C32H21Cl2OP. The van der Waals surface area contributed by atoms with Gasteiger partial charge in [-0.05, 0) is 75.7 Å². The molecule has 36 heavy (non-hydrogen) atoms. The summed E-state index contributed by atoms with van der Waals surface area (Å²) in [5.74, 6) is 0.272. The molecule has 0 amide bonds. The fourth-order valence-electron chi connectivity index (χ4n) is 4.84. The largest absolute Gasteiger partial charge is 0.507 e. The van der Waals surface area contributed by atoms with Gasteiger partial charge < -0.3 is 5.11 Å². The van der Waals surface area contributed by atoms with Gasteiger partial charge in [-0.3, -0.25) is 0 Å². The molecule has 0 radical (unpaired) electrons. The van der Waals surface area contributed by atoms with E-state index in [9.17, 15) is 5.11 Å². The van der Waals surface area contributed by atoms with E-state index < -0.39 is 7.92 Å². The predicted octanol–water partition coefficient (Wildman–Crippen LogP) is 8.43. The summed E-state index contributed by atoms with van der Waals surface area (Å²) < 4.78 is 0. The molecule has 4 heteroatoms. The van der Waals surface area contributed by atoms with Gasteiger partial charge in [-0.1, -0.05) is 114 Å². The Morgan fingerprint density at radius 2 is 0.944 bits per heavy atom. The molecule has 6 aromatic rings. The van der Waals surface area contributed by atoms with Gasteiger partial charge in [-0.2, -0.15) is 0 Å². The molecule has 0 bridgehead atoms. The van der Waals surface area contributed by atoms with E-state index >= 15 is 0 Å². The first-order valence-electron chi connectivity index (χ1n) is 11.6. The third-order valence-electron chi connectivity index (χ3n) is 6.47. The fraction of sp³-hybridized carbons (Fsp3) is 0. The average molecular weight is 523 g/mol. The minimum atomic E-state index is -0.985. The van der Waals surface area contributed by atoms with Crippen LogP contribution in [0.5, 0.6) is 5.75 Å². The highest BCUT2D eigenvalue weighted by Gasteiger charge is 2.24. The predicted molar refractivity (Wildman–Crippen MR) is 157 cm³/mol. The molecule has 0 fully saturated rings. The molecule has 1 nitrogen and oxygen atoms in total. The highest BCUT2D eigenvalue weighted by Crippen LogP contribution is 2.45. The molecule has 0 aromatic heterocycles. The molecule has 0 saturated heterocycles. The summed E-state index contributed by atoms with van der Waals surface area (Å²) in [5, 5.41) is 20.6. The summed E-state index contributed by atoms with van der Waals surface area (Å²) in [6, 6.07) is 41.0. The van der Waals surface area contributed by atoms with Gasteiger partial charge in [0.05, 0.1) is 0 Å². The van der Waals surface area contributed by atoms with E-state index in [-0.39, 0.29) is 5.75 Å². The molecular weight excluding hydrogens is 502 g/mol. The number of phenols is 1. The Kier molecular flexibility index (Phi) is 6.15. The van der Waals surface area contributed by atoms with Gasteiger partial charge >= 0.3 is 0 Å². The van der Waals surface area contributed by atoms with Crippen molar-refractivity contribution in [3.05, 3.63) is 131 Å². The molecule has 0 spiro atoms. The highest BCUT2D eigenvalue weighted by atomic mass is 35.5. The van der Waals surface area contributed by atoms with Crippen molar-refractivity contribution in [3.8, 4) is 16.9 Å². The average Bonchev–Trinajstić information content (AvgIpc) is 2.91. The molecule has 0 saturated carbocycles. The zero-order valence-corrected chi connectivity index (χ0v) is 21.6. The van der Waals surface area contributed by atoms with E-state index in [2.05, 4.69) is 72.8 Å². The fourth-order valence-corrected chi connectivity index (χ4v) is 7.52. The zero-order valence-electron chi connectivity index (χ0n) is 19.2. The van der Waals surface area contributed by atoms with Gasteiger partial charge in [0.25, 0.3) is 0 Å². The SMILES string of the molecule is Oc1ccc2ccccc2c1-c1c(P(c2ccc(Cl)cc2)c2ccc(Cl)cc2)ccc2ccccc12. The van der Waals surface area contributed by atoms with Crippen LogP contribution in [0.25, 0.3) is 32.7 Å². The maximum atomic E-state index is 11.3. The molecule has 0 atom stereocenters. The van der Waals surface area contributed by atoms with Crippen LogP contribution in [-0.2, 0) is 0 Å². The molecule has 0 aliphatic carbocycles. The van der Waals surface area contributed by atoms with Crippen LogP contribution in [0.15, 0.2) is 121 Å². The number of hydrogen-bond acceptors (Lipinski definition) is 1. The zero-order chi connectivity index (χ0) is 24.6. The molecule has 0 aliphatic heterocycles. The van der Waals surface area contributed by atoms with Crippen LogP contribution in [0.1, 0.15) is 0 Å². The lowest BCUT2D eigenvalue weighted by Crippen LogP contribution is -2.22. The summed E-state index contributed by atoms with van der Waals surface area (Å²) in [5.41, 5.74) is 1.91. The van der Waals surface area contributed by atoms with Gasteiger partial charge in [-0.25, -0.2) is 0 Å². The Balaban J connectivity index is 1.74. The Hall–Kier alpha value is -3.35. The van der Waals surface area contributed by atoms with Crippen LogP contribution in [0, 0.1) is 0 Å². The first kappa shape index (κ1) is 23.1. The first-order chi connectivity index (χ1) is 17.6. The smallest absolute Gasteiger partial charge is 0.124 e. The number of hydrogen-bond donors (Lipinski definition) is 1. The van der Waals surface area contributed by atoms with Crippen molar-refractivity contribution >= 4 is 68.6 Å². The van der Waals surface area contributed by atoms with Crippen molar-refractivity contribution in [1.82, 2.24) is 0 Å². The van der Waals surface area contributed by atoms with Gasteiger partial charge in [0.15, 0.2) is 0 Å². The Morgan fingerprint density at radius 3 is 1.50 bits per heavy atom. The van der Waals surface area contributed by atoms with Crippen molar-refractivity contribution in [2.45, 2.75) is 0 Å². The van der Waals surface area contributed by atoms with Crippen molar-refractivity contribution in [2.24, 2.45) is 0 Å². The Morgan fingerprint density at radius 1 is 0.472 bits per heavy atom. The summed E-state index contributed by atoms with van der Waals surface area (Å²) >= 11 is 12.6. The second-order valence-electron chi connectivity index (χ2n) is 8.65. The molecule has 6 rings (SSSR count). The monoisotopic (exact) mass is 522 g/mol. The molecule has 1 N–H and O–H groups in total. The van der Waals surface area contributed by atoms with E-state index in [1.165, 1.54) is 15.9 Å². The van der Waals surface area contributed by atoms with Gasteiger partial charge in [0.1, 0.15) is 5.75 Å². The summed E-state index contributed by atoms with van der Waals surface area (Å²) in [7, 11) is -0.985. The quantitative estimate of drug-likeness (QED) is 0.230. The summed E-state index contributed by atoms with van der Waals surface area (Å²) in [6.45, 7) is 0. The van der Waals surface area contributed by atoms with Gasteiger partial charge in [0.2, 0.25) is 0 Å². The van der Waals surface area contributed by atoms with E-state index in [0.29, 0.717) is 10.0 Å². The van der Waals surface area contributed by atoms with Crippen molar-refractivity contribution < 1.29 is 5.11 Å². The van der Waals surface area contributed by atoms with Crippen LogP contribution in [0.4, 0.5) is 0 Å². The lowest BCUT2D eigenvalue weighted by molar-refractivity contribution is 0.478. The maximum absolute atomic E-state index is 11.3. The van der Waals surface area contributed by atoms with Crippen LogP contribution in [-0.4, -0.2) is 5.11 Å². The maximum Gasteiger partial charge on any atom is 0.124 e. The molecule has 0 heterocycles. The molecule has 0 aliphatic rings. The van der Waals surface area contributed by atoms with E-state index in [1.54, 1.807) is 6.07 Å². The standard InChI is InChI=1S/C32H21Cl2OP/c33-23-11-15-25(16-12-23)36(26-17-13-24(34)14-18-26)30-20-10-22-6-2-4-8-28(22)32(30)31-27-7-3-1-5-21(27)9-19-29(31)35/h1-20,35H. The van der Waals surface area contributed by atoms with Crippen LogP contribution >= 0.6 is 31.1 Å². The molecule has 6 aromatic carbocycles. The third-order valence-corrected chi connectivity index (χ3v) is 9.46. The second-order valence-corrected chi connectivity index (χ2v) is 11.7. The number of phenolic OH excluding ortho intramolecular Hbond substituents is 1. The number of fused-ring (bicyclic) bond motifs is 2. The number of halogens is 2. The van der Waals surface area contributed by atoms with Crippen molar-refractivity contribution in [2.75, 3.05) is 0 Å². The lowest BCUT2D eigenvalue weighted by Gasteiger charge is -2.25. The first-order valence-corrected chi connectivity index (χ1v) is 13.7. The number of rotatable bonds is 4. The number of aromatic hydroxyl groups is 1. The van der Waals surface area contributed by atoms with Crippen LogP contribution in [0.2, 0.25) is 10.0 Å². The van der Waals surface area contributed by atoms with Gasteiger partial charge in [-0.15, -0.1) is 0 Å². The second kappa shape index (κ2) is 9.60. The Labute approximate surface area is 221 Å².